The molecule has 0 bridgehead atoms. The number of rotatable bonds is 4. The lowest BCUT2D eigenvalue weighted by Crippen LogP contribution is -2.50. The fraction of sp³-hybridized carbons (Fsp3) is 0.211. The van der Waals surface area contributed by atoms with E-state index in [1.54, 1.807) is 23.0 Å². The molecule has 1 N–H and O–H groups in total. The first-order valence-corrected chi connectivity index (χ1v) is 8.60. The Hall–Kier alpha value is -3.56. The van der Waals surface area contributed by atoms with Gasteiger partial charge in [0.15, 0.2) is 0 Å². The van der Waals surface area contributed by atoms with Crippen LogP contribution in [0.1, 0.15) is 11.6 Å². The van der Waals surface area contributed by atoms with Crippen LogP contribution in [0.5, 0.6) is 5.75 Å². The fourth-order valence-corrected chi connectivity index (χ4v) is 3.29. The van der Waals surface area contributed by atoms with Gasteiger partial charge in [0, 0.05) is 30.4 Å². The number of amides is 1. The van der Waals surface area contributed by atoms with E-state index in [1.165, 1.54) is 29.2 Å². The third kappa shape index (κ3) is 3.48. The van der Waals surface area contributed by atoms with Crippen LogP contribution < -0.4 is 4.74 Å². The normalized spacial score (nSPS) is 14.7. The molecule has 0 radical (unpaired) electrons. The van der Waals surface area contributed by atoms with E-state index < -0.39 is 12.5 Å². The number of hydrogen-bond acceptors (Lipinski definition) is 4. The second-order valence-corrected chi connectivity index (χ2v) is 6.51. The number of aromatic nitrogens is 3. The van der Waals surface area contributed by atoms with Crippen LogP contribution in [-0.2, 0) is 0 Å². The van der Waals surface area contributed by atoms with Crippen LogP contribution in [0.3, 0.4) is 0 Å². The van der Waals surface area contributed by atoms with Gasteiger partial charge in [-0.15, -0.1) is 13.2 Å². The quantitative estimate of drug-likeness (QED) is 0.706. The number of pyridine rings is 1. The van der Waals surface area contributed by atoms with Crippen molar-refractivity contribution in [3.8, 4) is 17.0 Å². The van der Waals surface area contributed by atoms with Gasteiger partial charge in [0.1, 0.15) is 17.0 Å². The molecule has 3 aromatic rings. The fourth-order valence-electron chi connectivity index (χ4n) is 3.29. The average Bonchev–Trinajstić information content (AvgIpc) is 2.99. The summed E-state index contributed by atoms with van der Waals surface area (Å²) in [7, 11) is 0. The van der Waals surface area contributed by atoms with E-state index in [4.69, 9.17) is 5.11 Å². The maximum atomic E-state index is 12.4. The molecule has 0 atom stereocenters. The number of carbonyl (C=O) groups is 1. The van der Waals surface area contributed by atoms with Crippen molar-refractivity contribution in [3.05, 3.63) is 48.7 Å². The minimum Gasteiger partial charge on any atom is -0.465 e. The Bertz CT molecular complexity index is 1090. The van der Waals surface area contributed by atoms with E-state index in [2.05, 4.69) is 21.4 Å². The number of likely N-dealkylation sites (tertiary alicyclic amines) is 1. The number of benzene rings is 1. The van der Waals surface area contributed by atoms with Crippen molar-refractivity contribution in [2.45, 2.75) is 12.4 Å². The van der Waals surface area contributed by atoms with Crippen molar-refractivity contribution in [2.75, 3.05) is 13.1 Å². The van der Waals surface area contributed by atoms with Crippen LogP contribution in [0.25, 0.3) is 28.4 Å². The molecule has 0 spiro atoms. The van der Waals surface area contributed by atoms with Crippen LogP contribution in [0.2, 0.25) is 0 Å². The van der Waals surface area contributed by atoms with Gasteiger partial charge in [-0.1, -0.05) is 12.7 Å². The third-order valence-corrected chi connectivity index (χ3v) is 4.68. The molecule has 7 nitrogen and oxygen atoms in total. The molecule has 1 saturated heterocycles. The van der Waals surface area contributed by atoms with Gasteiger partial charge in [-0.05, 0) is 30.3 Å². The summed E-state index contributed by atoms with van der Waals surface area (Å²) in [5, 5.41) is 13.7. The van der Waals surface area contributed by atoms with E-state index >= 15 is 0 Å². The number of fused-ring (bicyclic) bond motifs is 1. The average molecular weight is 404 g/mol. The zero-order valence-electron chi connectivity index (χ0n) is 14.9. The molecule has 1 aromatic carbocycles. The molecular formula is C19H15F3N4O3. The zero-order valence-corrected chi connectivity index (χ0v) is 14.9. The lowest BCUT2D eigenvalue weighted by molar-refractivity contribution is -0.274. The van der Waals surface area contributed by atoms with Crippen molar-refractivity contribution in [3.63, 3.8) is 0 Å². The lowest BCUT2D eigenvalue weighted by Gasteiger charge is -2.37. The van der Waals surface area contributed by atoms with Crippen molar-refractivity contribution in [1.82, 2.24) is 19.7 Å². The molecule has 1 amide bonds. The van der Waals surface area contributed by atoms with Gasteiger partial charge in [-0.25, -0.2) is 4.79 Å². The summed E-state index contributed by atoms with van der Waals surface area (Å²) in [6.45, 7) is 4.37. The van der Waals surface area contributed by atoms with Gasteiger partial charge in [0.25, 0.3) is 0 Å². The summed E-state index contributed by atoms with van der Waals surface area (Å²) in [5.74, 6) is -0.333. The van der Waals surface area contributed by atoms with E-state index in [0.717, 1.165) is 5.56 Å². The first kappa shape index (κ1) is 18.8. The van der Waals surface area contributed by atoms with Crippen LogP contribution in [0.4, 0.5) is 18.0 Å². The molecule has 1 aliphatic heterocycles. The Morgan fingerprint density at radius 3 is 2.52 bits per heavy atom. The summed E-state index contributed by atoms with van der Waals surface area (Å²) in [4.78, 5) is 16.7. The molecule has 150 valence electrons. The molecule has 2 aromatic heterocycles. The monoisotopic (exact) mass is 404 g/mol. The first-order chi connectivity index (χ1) is 13.8. The number of nitrogens with zero attached hydrogens (tertiary/aromatic N) is 4. The minimum absolute atomic E-state index is 0.168. The lowest BCUT2D eigenvalue weighted by atomic mass is 10.1. The molecule has 1 aliphatic rings. The number of halogens is 3. The van der Waals surface area contributed by atoms with Crippen molar-refractivity contribution in [2.24, 2.45) is 0 Å². The Morgan fingerprint density at radius 1 is 1.24 bits per heavy atom. The number of ether oxygens (including phenoxy) is 1. The Kier molecular flexibility index (Phi) is 4.40. The predicted molar refractivity (Wildman–Crippen MR) is 98.4 cm³/mol. The largest absolute Gasteiger partial charge is 0.573 e. The maximum absolute atomic E-state index is 12.4. The number of alkyl halides is 3. The maximum Gasteiger partial charge on any atom is 0.573 e. The molecular weight excluding hydrogens is 389 g/mol. The standard InChI is InChI=1S/C19H15F3N4O3/c1-2-11-7-8-23-16-15(12-3-5-14(6-4-12)29-19(20,21)22)24-26(17(11)16)13-9-25(10-13)18(27)28/h2-8,13H,1,9-10H2,(H,27,28). The summed E-state index contributed by atoms with van der Waals surface area (Å²) in [6.07, 6.45) is -2.52. The zero-order chi connectivity index (χ0) is 20.8. The number of carboxylic acid groups (broad SMARTS) is 1. The molecule has 3 heterocycles. The summed E-state index contributed by atoms with van der Waals surface area (Å²) in [6, 6.07) is 6.96. The van der Waals surface area contributed by atoms with Crippen molar-refractivity contribution >= 4 is 23.2 Å². The summed E-state index contributed by atoms with van der Waals surface area (Å²) < 4.78 is 42.8. The van der Waals surface area contributed by atoms with Gasteiger partial charge in [-0.3, -0.25) is 9.67 Å². The van der Waals surface area contributed by atoms with Crippen molar-refractivity contribution in [1.29, 1.82) is 0 Å². The first-order valence-electron chi connectivity index (χ1n) is 8.60. The molecule has 10 heteroatoms. The SMILES string of the molecule is C=Cc1ccnc2c(-c3ccc(OC(F)(F)F)cc3)nn(C3CN(C(=O)O)C3)c12. The smallest absolute Gasteiger partial charge is 0.465 e. The predicted octanol–water partition coefficient (Wildman–Crippen LogP) is 4.17. The summed E-state index contributed by atoms with van der Waals surface area (Å²) in [5.41, 5.74) is 3.07. The molecule has 0 saturated carbocycles. The van der Waals surface area contributed by atoms with Crippen molar-refractivity contribution < 1.29 is 27.8 Å². The highest BCUT2D eigenvalue weighted by Crippen LogP contribution is 2.34. The van der Waals surface area contributed by atoms with Gasteiger partial charge in [0.05, 0.1) is 11.6 Å². The van der Waals surface area contributed by atoms with Crippen LogP contribution in [0, 0.1) is 0 Å². The van der Waals surface area contributed by atoms with E-state index in [0.29, 0.717) is 22.3 Å². The highest BCUT2D eigenvalue weighted by Gasteiger charge is 2.35. The molecule has 0 aliphatic carbocycles. The molecule has 1 fully saturated rings. The molecule has 4 rings (SSSR count). The van der Waals surface area contributed by atoms with Gasteiger partial charge < -0.3 is 14.7 Å². The second-order valence-electron chi connectivity index (χ2n) is 6.51. The highest BCUT2D eigenvalue weighted by molar-refractivity contribution is 5.94. The molecule has 29 heavy (non-hydrogen) atoms. The number of hydrogen-bond donors (Lipinski definition) is 1. The Morgan fingerprint density at radius 2 is 1.93 bits per heavy atom. The van der Waals surface area contributed by atoms with E-state index in [9.17, 15) is 18.0 Å². The Balaban J connectivity index is 1.76. The van der Waals surface area contributed by atoms with E-state index in [1.807, 2.05) is 0 Å². The Labute approximate surface area is 162 Å². The van der Waals surface area contributed by atoms with E-state index in [-0.39, 0.29) is 24.9 Å². The van der Waals surface area contributed by atoms with Gasteiger partial charge >= 0.3 is 12.5 Å². The third-order valence-electron chi connectivity index (χ3n) is 4.68. The van der Waals surface area contributed by atoms with Crippen LogP contribution in [0.15, 0.2) is 43.1 Å². The van der Waals surface area contributed by atoms with Gasteiger partial charge in [-0.2, -0.15) is 5.10 Å². The van der Waals surface area contributed by atoms with Crippen LogP contribution in [-0.4, -0.2) is 50.3 Å². The topological polar surface area (TPSA) is 80.5 Å². The van der Waals surface area contributed by atoms with Crippen LogP contribution >= 0.6 is 0 Å². The second kappa shape index (κ2) is 6.80. The molecule has 0 unspecified atom stereocenters. The minimum atomic E-state index is -4.77. The highest BCUT2D eigenvalue weighted by atomic mass is 19.4. The summed E-state index contributed by atoms with van der Waals surface area (Å²) >= 11 is 0. The van der Waals surface area contributed by atoms with Gasteiger partial charge in [0.2, 0.25) is 0 Å².